The Hall–Kier alpha value is -1.06. The number of unbranched alkanes of at least 4 members (excludes halogenated alkanes) is 14. The average molecular weight is 539 g/mol. The second-order valence-corrected chi connectivity index (χ2v) is 12.2. The second kappa shape index (κ2) is 24.9. The van der Waals surface area contributed by atoms with E-state index < -0.39 is 17.4 Å². The number of rotatable bonds is 27. The maximum atomic E-state index is 12.9. The molecule has 0 heterocycles. The fourth-order valence-corrected chi connectivity index (χ4v) is 5.20. The van der Waals surface area contributed by atoms with Gasteiger partial charge in [0.2, 0.25) is 0 Å². The standard InChI is InChI=1S/C34H66O4/c1-7-10-11-12-13-14-15-16-17-18-19-20-21-22-23-28-37-32(35)34(8-2,9-3)33(36)38-29-27-31(6)26-24-25-30(4)5/h30-31H,7-29H2,1-6H3. The van der Waals surface area contributed by atoms with Gasteiger partial charge in [0.1, 0.15) is 0 Å². The Morgan fingerprint density at radius 2 is 0.947 bits per heavy atom. The lowest BCUT2D eigenvalue weighted by atomic mass is 9.82. The molecule has 4 heteroatoms. The van der Waals surface area contributed by atoms with E-state index in [4.69, 9.17) is 9.47 Å². The largest absolute Gasteiger partial charge is 0.465 e. The summed E-state index contributed by atoms with van der Waals surface area (Å²) in [6.45, 7) is 13.5. The van der Waals surface area contributed by atoms with E-state index in [9.17, 15) is 9.59 Å². The molecule has 0 saturated heterocycles. The molecule has 0 bridgehead atoms. The Morgan fingerprint density at radius 1 is 0.526 bits per heavy atom. The molecule has 1 atom stereocenters. The molecule has 0 spiro atoms. The molecule has 4 nitrogen and oxygen atoms in total. The Bertz CT molecular complexity index is 553. The van der Waals surface area contributed by atoms with Gasteiger partial charge in [-0.2, -0.15) is 0 Å². The second-order valence-electron chi connectivity index (χ2n) is 12.2. The van der Waals surface area contributed by atoms with Crippen LogP contribution in [-0.2, 0) is 19.1 Å². The van der Waals surface area contributed by atoms with Gasteiger partial charge in [-0.1, -0.05) is 151 Å². The van der Waals surface area contributed by atoms with Crippen LogP contribution < -0.4 is 0 Å². The molecule has 0 aliphatic heterocycles. The molecule has 0 aromatic carbocycles. The van der Waals surface area contributed by atoms with Crippen LogP contribution in [0.3, 0.4) is 0 Å². The molecule has 0 saturated carbocycles. The Balaban J connectivity index is 3.94. The van der Waals surface area contributed by atoms with Gasteiger partial charge < -0.3 is 9.47 Å². The van der Waals surface area contributed by atoms with E-state index in [2.05, 4.69) is 27.7 Å². The van der Waals surface area contributed by atoms with Crippen molar-refractivity contribution in [3.63, 3.8) is 0 Å². The maximum absolute atomic E-state index is 12.9. The van der Waals surface area contributed by atoms with Gasteiger partial charge in [-0.25, -0.2) is 0 Å². The van der Waals surface area contributed by atoms with Crippen molar-refractivity contribution >= 4 is 11.9 Å². The Kier molecular flexibility index (Phi) is 24.2. The number of carbonyl (C=O) groups excluding carboxylic acids is 2. The van der Waals surface area contributed by atoms with Crippen molar-refractivity contribution in [1.29, 1.82) is 0 Å². The summed E-state index contributed by atoms with van der Waals surface area (Å²) in [6, 6.07) is 0. The minimum Gasteiger partial charge on any atom is -0.465 e. The summed E-state index contributed by atoms with van der Waals surface area (Å²) in [4.78, 5) is 25.8. The van der Waals surface area contributed by atoms with Gasteiger partial charge in [-0.05, 0) is 37.5 Å². The minimum absolute atomic E-state index is 0.385. The van der Waals surface area contributed by atoms with Crippen LogP contribution in [0.5, 0.6) is 0 Å². The minimum atomic E-state index is -1.16. The number of hydrogen-bond donors (Lipinski definition) is 0. The van der Waals surface area contributed by atoms with Crippen molar-refractivity contribution in [3.05, 3.63) is 0 Å². The van der Waals surface area contributed by atoms with E-state index in [0.717, 1.165) is 31.6 Å². The van der Waals surface area contributed by atoms with E-state index in [-0.39, 0.29) is 0 Å². The number of hydrogen-bond acceptors (Lipinski definition) is 4. The van der Waals surface area contributed by atoms with Crippen LogP contribution in [0.25, 0.3) is 0 Å². The first-order valence-electron chi connectivity index (χ1n) is 16.7. The number of ether oxygens (including phenoxy) is 2. The van der Waals surface area contributed by atoms with Crippen LogP contribution in [0.2, 0.25) is 0 Å². The predicted octanol–water partition coefficient (Wildman–Crippen LogP) is 10.6. The van der Waals surface area contributed by atoms with Gasteiger partial charge in [-0.15, -0.1) is 0 Å². The first-order chi connectivity index (χ1) is 18.3. The van der Waals surface area contributed by atoms with Crippen LogP contribution >= 0.6 is 0 Å². The molecule has 0 fully saturated rings. The van der Waals surface area contributed by atoms with Gasteiger partial charge in [0.15, 0.2) is 5.41 Å². The van der Waals surface area contributed by atoms with Crippen LogP contribution in [0.4, 0.5) is 0 Å². The van der Waals surface area contributed by atoms with Gasteiger partial charge in [0, 0.05) is 0 Å². The molecule has 0 radical (unpaired) electrons. The summed E-state index contributed by atoms with van der Waals surface area (Å²) in [6.07, 6.45) is 24.9. The lowest BCUT2D eigenvalue weighted by Gasteiger charge is -2.27. The molecule has 1 unspecified atom stereocenters. The van der Waals surface area contributed by atoms with Gasteiger partial charge in [0.05, 0.1) is 13.2 Å². The maximum Gasteiger partial charge on any atom is 0.323 e. The summed E-state index contributed by atoms with van der Waals surface area (Å²) in [5.41, 5.74) is -1.16. The fourth-order valence-electron chi connectivity index (χ4n) is 5.20. The fraction of sp³-hybridized carbons (Fsp3) is 0.941. The third kappa shape index (κ3) is 18.3. The van der Waals surface area contributed by atoms with Crippen molar-refractivity contribution in [2.45, 2.75) is 176 Å². The molecule has 0 rings (SSSR count). The molecular formula is C34H66O4. The van der Waals surface area contributed by atoms with Crippen molar-refractivity contribution < 1.29 is 19.1 Å². The normalized spacial score (nSPS) is 12.6. The third-order valence-electron chi connectivity index (χ3n) is 8.29. The molecule has 0 aliphatic carbocycles. The molecule has 0 aromatic heterocycles. The van der Waals surface area contributed by atoms with Crippen molar-refractivity contribution in [2.75, 3.05) is 13.2 Å². The van der Waals surface area contributed by atoms with E-state index >= 15 is 0 Å². The summed E-state index contributed by atoms with van der Waals surface area (Å²) in [5, 5.41) is 0. The summed E-state index contributed by atoms with van der Waals surface area (Å²) < 4.78 is 11.2. The Morgan fingerprint density at radius 3 is 1.37 bits per heavy atom. The predicted molar refractivity (Wildman–Crippen MR) is 162 cm³/mol. The van der Waals surface area contributed by atoms with Gasteiger partial charge in [-0.3, -0.25) is 9.59 Å². The SMILES string of the molecule is CCCCCCCCCCCCCCCCCOC(=O)C(CC)(CC)C(=O)OCCC(C)CCCC(C)C. The third-order valence-corrected chi connectivity index (χ3v) is 8.29. The van der Waals surface area contributed by atoms with Crippen molar-refractivity contribution in [2.24, 2.45) is 17.3 Å². The highest BCUT2D eigenvalue weighted by molar-refractivity contribution is 5.99. The number of esters is 2. The highest BCUT2D eigenvalue weighted by Gasteiger charge is 2.45. The van der Waals surface area contributed by atoms with Crippen LogP contribution in [0.1, 0.15) is 176 Å². The molecule has 0 N–H and O–H groups in total. The van der Waals surface area contributed by atoms with Gasteiger partial charge in [0.25, 0.3) is 0 Å². The molecule has 226 valence electrons. The monoisotopic (exact) mass is 538 g/mol. The van der Waals surface area contributed by atoms with E-state index in [0.29, 0.717) is 32.0 Å². The first-order valence-corrected chi connectivity index (χ1v) is 16.7. The Labute approximate surface area is 237 Å². The molecule has 38 heavy (non-hydrogen) atoms. The first kappa shape index (κ1) is 36.9. The lowest BCUT2D eigenvalue weighted by molar-refractivity contribution is -0.173. The molecule has 0 amide bonds. The lowest BCUT2D eigenvalue weighted by Crippen LogP contribution is -2.41. The van der Waals surface area contributed by atoms with E-state index in [1.54, 1.807) is 0 Å². The molecule has 0 aromatic rings. The summed E-state index contributed by atoms with van der Waals surface area (Å²) >= 11 is 0. The zero-order chi connectivity index (χ0) is 28.5. The van der Waals surface area contributed by atoms with Crippen LogP contribution in [0.15, 0.2) is 0 Å². The summed E-state index contributed by atoms with van der Waals surface area (Å²) in [5.74, 6) is 0.451. The van der Waals surface area contributed by atoms with Crippen LogP contribution in [0, 0.1) is 17.3 Å². The van der Waals surface area contributed by atoms with Gasteiger partial charge >= 0.3 is 11.9 Å². The smallest absolute Gasteiger partial charge is 0.323 e. The van der Waals surface area contributed by atoms with E-state index in [1.807, 2.05) is 13.8 Å². The highest BCUT2D eigenvalue weighted by atomic mass is 16.6. The average Bonchev–Trinajstić information content (AvgIpc) is 2.89. The zero-order valence-corrected chi connectivity index (χ0v) is 26.6. The van der Waals surface area contributed by atoms with Crippen LogP contribution in [-0.4, -0.2) is 25.2 Å². The summed E-state index contributed by atoms with van der Waals surface area (Å²) in [7, 11) is 0. The highest BCUT2D eigenvalue weighted by Crippen LogP contribution is 2.30. The van der Waals surface area contributed by atoms with E-state index in [1.165, 1.54) is 96.3 Å². The quantitative estimate of drug-likeness (QED) is 0.0593. The number of carbonyl (C=O) groups is 2. The van der Waals surface area contributed by atoms with Crippen molar-refractivity contribution in [3.8, 4) is 0 Å². The molecule has 0 aliphatic rings. The molecular weight excluding hydrogens is 472 g/mol. The topological polar surface area (TPSA) is 52.6 Å². The van der Waals surface area contributed by atoms with Crippen molar-refractivity contribution in [1.82, 2.24) is 0 Å². The zero-order valence-electron chi connectivity index (χ0n) is 26.6.